The molecule has 0 atom stereocenters. The molecule has 0 saturated heterocycles. The lowest BCUT2D eigenvalue weighted by atomic mass is 10.1. The molecule has 1 heterocycles. The highest BCUT2D eigenvalue weighted by molar-refractivity contribution is 7.08. The standard InChI is InChI=1S/C13H11N3O2S/c1-9-7-19-8-11(9)6-15-12-2-3-13(16(17)18)10(4-12)5-14/h2-4,7-8,15H,6H2,1H3. The molecule has 1 aromatic heterocycles. The van der Waals surface area contributed by atoms with Crippen LogP contribution in [0, 0.1) is 28.4 Å². The van der Waals surface area contributed by atoms with Gasteiger partial charge in [-0.1, -0.05) is 0 Å². The molecule has 0 aliphatic rings. The minimum atomic E-state index is -0.550. The maximum Gasteiger partial charge on any atom is 0.287 e. The van der Waals surface area contributed by atoms with Gasteiger partial charge in [0.05, 0.1) is 4.92 Å². The summed E-state index contributed by atoms with van der Waals surface area (Å²) in [5, 5.41) is 26.9. The molecular formula is C13H11N3O2S. The van der Waals surface area contributed by atoms with Gasteiger partial charge in [0, 0.05) is 18.3 Å². The van der Waals surface area contributed by atoms with E-state index in [4.69, 9.17) is 5.26 Å². The second-order valence-corrected chi connectivity index (χ2v) is 4.78. The molecule has 0 amide bonds. The molecule has 0 aliphatic heterocycles. The second kappa shape index (κ2) is 5.50. The van der Waals surface area contributed by atoms with Gasteiger partial charge < -0.3 is 5.32 Å². The zero-order valence-corrected chi connectivity index (χ0v) is 11.0. The molecule has 0 fully saturated rings. The molecule has 0 spiro atoms. The Hall–Kier alpha value is -2.39. The van der Waals surface area contributed by atoms with E-state index in [1.165, 1.54) is 23.3 Å². The molecule has 1 N–H and O–H groups in total. The quantitative estimate of drug-likeness (QED) is 0.683. The number of nitriles is 1. The van der Waals surface area contributed by atoms with Crippen LogP contribution in [0.4, 0.5) is 11.4 Å². The van der Waals surface area contributed by atoms with Crippen LogP contribution in [0.3, 0.4) is 0 Å². The van der Waals surface area contributed by atoms with E-state index in [0.29, 0.717) is 12.2 Å². The summed E-state index contributed by atoms with van der Waals surface area (Å²) in [4.78, 5) is 10.2. The molecule has 0 radical (unpaired) electrons. The molecule has 5 nitrogen and oxygen atoms in total. The Bertz CT molecular complexity index is 658. The van der Waals surface area contributed by atoms with E-state index in [1.807, 2.05) is 13.0 Å². The summed E-state index contributed by atoms with van der Waals surface area (Å²) in [5.74, 6) is 0. The van der Waals surface area contributed by atoms with Crippen LogP contribution in [0.25, 0.3) is 0 Å². The number of rotatable bonds is 4. The van der Waals surface area contributed by atoms with Gasteiger partial charge >= 0.3 is 0 Å². The summed E-state index contributed by atoms with van der Waals surface area (Å²) in [6.45, 7) is 2.67. The average molecular weight is 273 g/mol. The van der Waals surface area contributed by atoms with Crippen LogP contribution in [0.2, 0.25) is 0 Å². The van der Waals surface area contributed by atoms with Crippen molar-refractivity contribution in [1.29, 1.82) is 5.26 Å². The van der Waals surface area contributed by atoms with Gasteiger partial charge in [0.2, 0.25) is 0 Å². The molecule has 96 valence electrons. The minimum absolute atomic E-state index is 0.0667. The van der Waals surface area contributed by atoms with Crippen LogP contribution in [0.1, 0.15) is 16.7 Å². The van der Waals surface area contributed by atoms with E-state index in [0.717, 1.165) is 0 Å². The van der Waals surface area contributed by atoms with Crippen molar-refractivity contribution < 1.29 is 4.92 Å². The van der Waals surface area contributed by atoms with Gasteiger partial charge in [-0.15, -0.1) is 0 Å². The normalized spacial score (nSPS) is 9.89. The smallest absolute Gasteiger partial charge is 0.287 e. The van der Waals surface area contributed by atoms with Gasteiger partial charge in [-0.05, 0) is 40.9 Å². The van der Waals surface area contributed by atoms with Crippen molar-refractivity contribution in [2.24, 2.45) is 0 Å². The van der Waals surface area contributed by atoms with E-state index in [-0.39, 0.29) is 11.3 Å². The number of nitro groups is 1. The van der Waals surface area contributed by atoms with E-state index in [9.17, 15) is 10.1 Å². The zero-order chi connectivity index (χ0) is 13.8. The van der Waals surface area contributed by atoms with Gasteiger partial charge in [0.1, 0.15) is 11.6 Å². The SMILES string of the molecule is Cc1cscc1CNc1ccc([N+](=O)[O-])c(C#N)c1. The van der Waals surface area contributed by atoms with Crippen molar-refractivity contribution in [3.8, 4) is 6.07 Å². The zero-order valence-electron chi connectivity index (χ0n) is 10.2. The first-order valence-electron chi connectivity index (χ1n) is 5.56. The lowest BCUT2D eigenvalue weighted by Gasteiger charge is -2.06. The Morgan fingerprint density at radius 1 is 1.47 bits per heavy atom. The first-order chi connectivity index (χ1) is 9.11. The van der Waals surface area contributed by atoms with Gasteiger partial charge in [0.15, 0.2) is 0 Å². The molecule has 6 heteroatoms. The summed E-state index contributed by atoms with van der Waals surface area (Å²) < 4.78 is 0. The number of nitro benzene ring substituents is 1. The molecule has 0 unspecified atom stereocenters. The Morgan fingerprint density at radius 3 is 2.84 bits per heavy atom. The topological polar surface area (TPSA) is 79.0 Å². The molecule has 19 heavy (non-hydrogen) atoms. The van der Waals surface area contributed by atoms with E-state index < -0.39 is 4.92 Å². The number of aryl methyl sites for hydroxylation is 1. The largest absolute Gasteiger partial charge is 0.381 e. The predicted molar refractivity (Wildman–Crippen MR) is 74.2 cm³/mol. The third-order valence-corrected chi connectivity index (χ3v) is 3.67. The second-order valence-electron chi connectivity index (χ2n) is 4.03. The fraction of sp³-hybridized carbons (Fsp3) is 0.154. The van der Waals surface area contributed by atoms with Crippen LogP contribution in [0.15, 0.2) is 29.0 Å². The number of benzene rings is 1. The summed E-state index contributed by atoms with van der Waals surface area (Å²) in [7, 11) is 0. The number of nitrogens with one attached hydrogen (secondary N) is 1. The third-order valence-electron chi connectivity index (χ3n) is 2.76. The Balaban J connectivity index is 2.16. The molecular weight excluding hydrogens is 262 g/mol. The van der Waals surface area contributed by atoms with Crippen molar-refractivity contribution in [2.45, 2.75) is 13.5 Å². The predicted octanol–water partition coefficient (Wildman–Crippen LogP) is 3.45. The highest BCUT2D eigenvalue weighted by Gasteiger charge is 2.13. The summed E-state index contributed by atoms with van der Waals surface area (Å²) in [5.41, 5.74) is 2.99. The molecule has 0 bridgehead atoms. The summed E-state index contributed by atoms with van der Waals surface area (Å²) in [6.07, 6.45) is 0. The number of hydrogen-bond acceptors (Lipinski definition) is 5. The van der Waals surface area contributed by atoms with Crippen molar-refractivity contribution in [1.82, 2.24) is 0 Å². The monoisotopic (exact) mass is 273 g/mol. The van der Waals surface area contributed by atoms with Crippen molar-refractivity contribution >= 4 is 22.7 Å². The van der Waals surface area contributed by atoms with Crippen molar-refractivity contribution in [3.05, 3.63) is 55.8 Å². The molecule has 0 saturated carbocycles. The number of hydrogen-bond donors (Lipinski definition) is 1. The van der Waals surface area contributed by atoms with Crippen molar-refractivity contribution in [2.75, 3.05) is 5.32 Å². The fourth-order valence-corrected chi connectivity index (χ4v) is 2.52. The van der Waals surface area contributed by atoms with Crippen LogP contribution < -0.4 is 5.32 Å². The maximum absolute atomic E-state index is 10.7. The average Bonchev–Trinajstić information content (AvgIpc) is 2.81. The van der Waals surface area contributed by atoms with Gasteiger partial charge in [0.25, 0.3) is 5.69 Å². The van der Waals surface area contributed by atoms with E-state index >= 15 is 0 Å². The number of nitrogens with zero attached hydrogens (tertiary/aromatic N) is 2. The van der Waals surface area contributed by atoms with Crippen LogP contribution in [-0.4, -0.2) is 4.92 Å². The molecule has 0 aliphatic carbocycles. The van der Waals surface area contributed by atoms with Crippen LogP contribution in [-0.2, 0) is 6.54 Å². The van der Waals surface area contributed by atoms with Crippen LogP contribution in [0.5, 0.6) is 0 Å². The highest BCUT2D eigenvalue weighted by atomic mass is 32.1. The van der Waals surface area contributed by atoms with E-state index in [1.54, 1.807) is 17.4 Å². The molecule has 1 aromatic carbocycles. The lowest BCUT2D eigenvalue weighted by molar-refractivity contribution is -0.385. The Kier molecular flexibility index (Phi) is 3.78. The van der Waals surface area contributed by atoms with Gasteiger partial charge in [-0.3, -0.25) is 10.1 Å². The summed E-state index contributed by atoms with van der Waals surface area (Å²) >= 11 is 1.63. The molecule has 2 rings (SSSR count). The highest BCUT2D eigenvalue weighted by Crippen LogP contribution is 2.23. The Morgan fingerprint density at radius 2 is 2.26 bits per heavy atom. The van der Waals surface area contributed by atoms with Gasteiger partial charge in [-0.25, -0.2) is 0 Å². The number of anilines is 1. The lowest BCUT2D eigenvalue weighted by Crippen LogP contribution is -2.01. The van der Waals surface area contributed by atoms with Crippen LogP contribution >= 0.6 is 11.3 Å². The van der Waals surface area contributed by atoms with Gasteiger partial charge in [-0.2, -0.15) is 16.6 Å². The first kappa shape index (κ1) is 13.1. The number of thiophene rings is 1. The fourth-order valence-electron chi connectivity index (χ4n) is 1.66. The van der Waals surface area contributed by atoms with Crippen molar-refractivity contribution in [3.63, 3.8) is 0 Å². The minimum Gasteiger partial charge on any atom is -0.381 e. The van der Waals surface area contributed by atoms with E-state index in [2.05, 4.69) is 16.1 Å². The molecule has 2 aromatic rings. The first-order valence-corrected chi connectivity index (χ1v) is 6.50. The Labute approximate surface area is 114 Å². The third kappa shape index (κ3) is 2.89. The summed E-state index contributed by atoms with van der Waals surface area (Å²) in [6, 6.07) is 6.30. The maximum atomic E-state index is 10.7.